The standard InChI is InChI=1S/C14H16ClN3O2/c1-8-12(9(2)20-17-8)7-18(3)14(19)11-6-10(15)4-5-13(11)16/h4-6H,7,16H2,1-3H3. The second-order valence-corrected chi connectivity index (χ2v) is 5.13. The van der Waals surface area contributed by atoms with Crippen LogP contribution in [0.4, 0.5) is 5.69 Å². The minimum absolute atomic E-state index is 0.190. The quantitative estimate of drug-likeness (QED) is 0.883. The first-order valence-electron chi connectivity index (χ1n) is 6.12. The molecule has 0 atom stereocenters. The third kappa shape index (κ3) is 2.77. The van der Waals surface area contributed by atoms with Crippen LogP contribution in [-0.2, 0) is 6.54 Å². The van der Waals surface area contributed by atoms with E-state index in [1.807, 2.05) is 13.8 Å². The zero-order chi connectivity index (χ0) is 14.9. The number of aromatic nitrogens is 1. The fourth-order valence-electron chi connectivity index (χ4n) is 1.96. The van der Waals surface area contributed by atoms with E-state index in [-0.39, 0.29) is 5.91 Å². The first-order valence-corrected chi connectivity index (χ1v) is 6.50. The predicted octanol–water partition coefficient (Wildman–Crippen LogP) is 2.80. The van der Waals surface area contributed by atoms with Crippen LogP contribution in [0.25, 0.3) is 0 Å². The number of nitrogen functional groups attached to an aromatic ring is 1. The summed E-state index contributed by atoms with van der Waals surface area (Å²) >= 11 is 5.91. The van der Waals surface area contributed by atoms with Crippen LogP contribution >= 0.6 is 11.6 Å². The fraction of sp³-hybridized carbons (Fsp3) is 0.286. The largest absolute Gasteiger partial charge is 0.398 e. The van der Waals surface area contributed by atoms with Crippen molar-refractivity contribution in [3.05, 3.63) is 45.8 Å². The van der Waals surface area contributed by atoms with Crippen molar-refractivity contribution in [2.24, 2.45) is 0 Å². The van der Waals surface area contributed by atoms with Crippen LogP contribution in [-0.4, -0.2) is 23.0 Å². The maximum atomic E-state index is 12.4. The molecule has 0 radical (unpaired) electrons. The van der Waals surface area contributed by atoms with E-state index in [0.717, 1.165) is 11.3 Å². The summed E-state index contributed by atoms with van der Waals surface area (Å²) in [7, 11) is 1.70. The molecule has 1 amide bonds. The molecule has 1 aromatic carbocycles. The van der Waals surface area contributed by atoms with E-state index in [0.29, 0.717) is 28.6 Å². The minimum atomic E-state index is -0.190. The number of rotatable bonds is 3. The Kier molecular flexibility index (Phi) is 3.99. The van der Waals surface area contributed by atoms with Crippen LogP contribution in [0.1, 0.15) is 27.4 Å². The second-order valence-electron chi connectivity index (χ2n) is 4.70. The van der Waals surface area contributed by atoms with E-state index in [4.69, 9.17) is 21.9 Å². The van der Waals surface area contributed by atoms with E-state index >= 15 is 0 Å². The van der Waals surface area contributed by atoms with Gasteiger partial charge in [-0.25, -0.2) is 0 Å². The van der Waals surface area contributed by atoms with Crippen molar-refractivity contribution in [2.75, 3.05) is 12.8 Å². The number of nitrogens with two attached hydrogens (primary N) is 1. The summed E-state index contributed by atoms with van der Waals surface area (Å²) in [5.74, 6) is 0.520. The average Bonchev–Trinajstić information content (AvgIpc) is 2.72. The van der Waals surface area contributed by atoms with Gasteiger partial charge in [-0.3, -0.25) is 4.79 Å². The van der Waals surface area contributed by atoms with Gasteiger partial charge in [0.2, 0.25) is 0 Å². The lowest BCUT2D eigenvalue weighted by Gasteiger charge is -2.18. The van der Waals surface area contributed by atoms with Gasteiger partial charge in [0.05, 0.1) is 17.8 Å². The lowest BCUT2D eigenvalue weighted by Crippen LogP contribution is -2.27. The summed E-state index contributed by atoms with van der Waals surface area (Å²) in [6, 6.07) is 4.85. The molecule has 0 unspecified atom stereocenters. The Morgan fingerprint density at radius 3 is 2.75 bits per heavy atom. The van der Waals surface area contributed by atoms with Crippen molar-refractivity contribution in [2.45, 2.75) is 20.4 Å². The second kappa shape index (κ2) is 5.54. The molecule has 106 valence electrons. The monoisotopic (exact) mass is 293 g/mol. The van der Waals surface area contributed by atoms with E-state index in [2.05, 4.69) is 5.16 Å². The molecule has 0 saturated heterocycles. The Balaban J connectivity index is 2.23. The molecule has 20 heavy (non-hydrogen) atoms. The third-order valence-corrected chi connectivity index (χ3v) is 3.40. The topological polar surface area (TPSA) is 72.4 Å². The van der Waals surface area contributed by atoms with Crippen LogP contribution in [0.2, 0.25) is 5.02 Å². The molecule has 1 heterocycles. The van der Waals surface area contributed by atoms with E-state index < -0.39 is 0 Å². The zero-order valence-electron chi connectivity index (χ0n) is 11.6. The molecule has 0 spiro atoms. The first-order chi connectivity index (χ1) is 9.40. The zero-order valence-corrected chi connectivity index (χ0v) is 12.4. The van der Waals surface area contributed by atoms with Crippen LogP contribution in [0.15, 0.2) is 22.7 Å². The van der Waals surface area contributed by atoms with Gasteiger partial charge in [0.1, 0.15) is 5.76 Å². The minimum Gasteiger partial charge on any atom is -0.398 e. The fourth-order valence-corrected chi connectivity index (χ4v) is 2.13. The number of halogens is 1. The Hall–Kier alpha value is -2.01. The summed E-state index contributed by atoms with van der Waals surface area (Å²) in [5.41, 5.74) is 8.31. The Bertz CT molecular complexity index is 632. The highest BCUT2D eigenvalue weighted by Crippen LogP contribution is 2.21. The van der Waals surface area contributed by atoms with Gasteiger partial charge in [0.15, 0.2) is 0 Å². The van der Waals surface area contributed by atoms with Gasteiger partial charge >= 0.3 is 0 Å². The van der Waals surface area contributed by atoms with Crippen LogP contribution < -0.4 is 5.73 Å². The molecule has 0 aliphatic heterocycles. The summed E-state index contributed by atoms with van der Waals surface area (Å²) in [5, 5.41) is 4.35. The van der Waals surface area contributed by atoms with Crippen molar-refractivity contribution in [1.29, 1.82) is 0 Å². The average molecular weight is 294 g/mol. The summed E-state index contributed by atoms with van der Waals surface area (Å²) < 4.78 is 5.09. The Morgan fingerprint density at radius 2 is 2.15 bits per heavy atom. The highest BCUT2D eigenvalue weighted by Gasteiger charge is 2.18. The van der Waals surface area contributed by atoms with Crippen molar-refractivity contribution in [3.8, 4) is 0 Å². The molecular formula is C14H16ClN3O2. The SMILES string of the molecule is Cc1noc(C)c1CN(C)C(=O)c1cc(Cl)ccc1N. The maximum Gasteiger partial charge on any atom is 0.256 e. The Morgan fingerprint density at radius 1 is 1.45 bits per heavy atom. The summed E-state index contributed by atoms with van der Waals surface area (Å²) in [4.78, 5) is 14.0. The maximum absolute atomic E-state index is 12.4. The number of anilines is 1. The highest BCUT2D eigenvalue weighted by molar-refractivity contribution is 6.31. The lowest BCUT2D eigenvalue weighted by atomic mass is 10.1. The van der Waals surface area contributed by atoms with E-state index in [1.54, 1.807) is 30.1 Å². The molecule has 0 saturated carbocycles. The van der Waals surface area contributed by atoms with Gasteiger partial charge in [-0.15, -0.1) is 0 Å². The van der Waals surface area contributed by atoms with Gasteiger partial charge in [-0.05, 0) is 32.0 Å². The molecule has 1 aromatic heterocycles. The smallest absolute Gasteiger partial charge is 0.256 e. The van der Waals surface area contributed by atoms with Crippen molar-refractivity contribution in [3.63, 3.8) is 0 Å². The molecule has 2 rings (SSSR count). The number of carbonyl (C=O) groups is 1. The van der Waals surface area contributed by atoms with Gasteiger partial charge in [-0.2, -0.15) is 0 Å². The number of carbonyl (C=O) groups excluding carboxylic acids is 1. The molecular weight excluding hydrogens is 278 g/mol. The molecule has 0 fully saturated rings. The normalized spacial score (nSPS) is 10.6. The predicted molar refractivity (Wildman–Crippen MR) is 77.6 cm³/mol. The number of benzene rings is 1. The van der Waals surface area contributed by atoms with Gasteiger partial charge < -0.3 is 15.2 Å². The van der Waals surface area contributed by atoms with Crippen molar-refractivity contribution < 1.29 is 9.32 Å². The van der Waals surface area contributed by atoms with Gasteiger partial charge in [0.25, 0.3) is 5.91 Å². The number of hydrogen-bond acceptors (Lipinski definition) is 4. The van der Waals surface area contributed by atoms with Crippen LogP contribution in [0.5, 0.6) is 0 Å². The van der Waals surface area contributed by atoms with Crippen LogP contribution in [0, 0.1) is 13.8 Å². The van der Waals surface area contributed by atoms with Crippen molar-refractivity contribution >= 4 is 23.2 Å². The molecule has 0 aliphatic carbocycles. The molecule has 2 aromatic rings. The number of hydrogen-bond donors (Lipinski definition) is 1. The first kappa shape index (κ1) is 14.4. The number of amides is 1. The molecule has 6 heteroatoms. The lowest BCUT2D eigenvalue weighted by molar-refractivity contribution is 0.0785. The number of nitrogens with zero attached hydrogens (tertiary/aromatic N) is 2. The van der Waals surface area contributed by atoms with E-state index in [1.165, 1.54) is 0 Å². The third-order valence-electron chi connectivity index (χ3n) is 3.17. The molecule has 5 nitrogen and oxygen atoms in total. The highest BCUT2D eigenvalue weighted by atomic mass is 35.5. The molecule has 0 bridgehead atoms. The summed E-state index contributed by atoms with van der Waals surface area (Å²) in [6.45, 7) is 4.07. The van der Waals surface area contributed by atoms with Crippen LogP contribution in [0.3, 0.4) is 0 Å². The van der Waals surface area contributed by atoms with Gasteiger partial charge in [-0.1, -0.05) is 16.8 Å². The Labute approximate surface area is 122 Å². The van der Waals surface area contributed by atoms with Gasteiger partial charge in [0, 0.05) is 23.3 Å². The summed E-state index contributed by atoms with van der Waals surface area (Å²) in [6.07, 6.45) is 0. The van der Waals surface area contributed by atoms with Crippen molar-refractivity contribution in [1.82, 2.24) is 10.1 Å². The number of aryl methyl sites for hydroxylation is 2. The molecule has 2 N–H and O–H groups in total. The molecule has 0 aliphatic rings. The van der Waals surface area contributed by atoms with E-state index in [9.17, 15) is 4.79 Å².